The Bertz CT molecular complexity index is 439. The highest BCUT2D eigenvalue weighted by atomic mass is 35.5. The van der Waals surface area contributed by atoms with Crippen LogP contribution < -0.4 is 11.1 Å². The van der Waals surface area contributed by atoms with Crippen LogP contribution in [0.1, 0.15) is 10.4 Å². The monoisotopic (exact) mass is 277 g/mol. The van der Waals surface area contributed by atoms with Crippen LogP contribution in [-0.2, 0) is 4.74 Å². The van der Waals surface area contributed by atoms with Gasteiger partial charge in [-0.25, -0.2) is 9.78 Å². The van der Waals surface area contributed by atoms with Crippen molar-refractivity contribution < 1.29 is 14.3 Å². The molecule has 0 aliphatic heterocycles. The first kappa shape index (κ1) is 13.5. The number of pyridine rings is 1. The third-order valence-electron chi connectivity index (χ3n) is 1.70. The van der Waals surface area contributed by atoms with Crippen molar-refractivity contribution in [3.63, 3.8) is 0 Å². The molecule has 1 aromatic rings. The summed E-state index contributed by atoms with van der Waals surface area (Å²) >= 11 is 11.4. The fourth-order valence-electron chi connectivity index (χ4n) is 0.999. The first-order valence-electron chi connectivity index (χ1n) is 4.52. The molecule has 1 aromatic heterocycles. The molecule has 0 radical (unpaired) electrons. The number of carbonyl (C=O) groups is 2. The molecule has 1 heterocycles. The topological polar surface area (TPSA) is 94.3 Å². The summed E-state index contributed by atoms with van der Waals surface area (Å²) in [6.45, 7) is 0.107. The lowest BCUT2D eigenvalue weighted by Crippen LogP contribution is -2.29. The van der Waals surface area contributed by atoms with Gasteiger partial charge in [0.25, 0.3) is 5.91 Å². The Hall–Kier alpha value is -1.53. The van der Waals surface area contributed by atoms with Crippen LogP contribution in [0.25, 0.3) is 0 Å². The van der Waals surface area contributed by atoms with Crippen LogP contribution in [0, 0.1) is 0 Å². The largest absolute Gasteiger partial charge is 0.448 e. The molecular formula is C9H9Cl2N3O3. The Balaban J connectivity index is 2.52. The number of ether oxygens (including phenoxy) is 1. The van der Waals surface area contributed by atoms with Gasteiger partial charge in [0.15, 0.2) is 0 Å². The van der Waals surface area contributed by atoms with Gasteiger partial charge in [-0.15, -0.1) is 0 Å². The van der Waals surface area contributed by atoms with Crippen molar-refractivity contribution >= 4 is 35.2 Å². The van der Waals surface area contributed by atoms with E-state index in [9.17, 15) is 9.59 Å². The van der Waals surface area contributed by atoms with Crippen molar-refractivity contribution in [1.82, 2.24) is 10.3 Å². The number of nitrogens with two attached hydrogens (primary N) is 1. The average molecular weight is 278 g/mol. The molecular weight excluding hydrogens is 269 g/mol. The number of primary amides is 1. The van der Waals surface area contributed by atoms with E-state index in [0.29, 0.717) is 0 Å². The zero-order valence-corrected chi connectivity index (χ0v) is 10.1. The van der Waals surface area contributed by atoms with Crippen LogP contribution in [0.15, 0.2) is 12.3 Å². The first-order chi connectivity index (χ1) is 8.00. The second-order valence-electron chi connectivity index (χ2n) is 2.91. The van der Waals surface area contributed by atoms with Crippen molar-refractivity contribution in [1.29, 1.82) is 0 Å². The summed E-state index contributed by atoms with van der Waals surface area (Å²) in [5, 5.41) is 2.82. The van der Waals surface area contributed by atoms with Gasteiger partial charge in [0.05, 0.1) is 17.1 Å². The van der Waals surface area contributed by atoms with Gasteiger partial charge >= 0.3 is 6.09 Å². The number of carbonyl (C=O) groups excluding carboxylic acids is 2. The third-order valence-corrected chi connectivity index (χ3v) is 2.21. The number of hydrogen-bond donors (Lipinski definition) is 2. The minimum atomic E-state index is -0.899. The highest BCUT2D eigenvalue weighted by Gasteiger charge is 2.11. The van der Waals surface area contributed by atoms with Crippen molar-refractivity contribution in [2.75, 3.05) is 13.2 Å². The fraction of sp³-hybridized carbons (Fsp3) is 0.222. The molecule has 2 amide bonds. The molecule has 0 bridgehead atoms. The number of nitrogens with one attached hydrogen (secondary N) is 1. The number of halogens is 2. The second kappa shape index (κ2) is 6.27. The van der Waals surface area contributed by atoms with Gasteiger partial charge in [-0.05, 0) is 6.07 Å². The van der Waals surface area contributed by atoms with Crippen molar-refractivity contribution in [3.8, 4) is 0 Å². The van der Waals surface area contributed by atoms with Gasteiger partial charge in [0, 0.05) is 6.20 Å². The average Bonchev–Trinajstić information content (AvgIpc) is 2.27. The Morgan fingerprint density at radius 1 is 1.47 bits per heavy atom. The molecule has 0 spiro atoms. The lowest BCUT2D eigenvalue weighted by molar-refractivity contribution is 0.0937. The number of amides is 2. The number of rotatable bonds is 4. The summed E-state index contributed by atoms with van der Waals surface area (Å²) in [7, 11) is 0. The fourth-order valence-corrected chi connectivity index (χ4v) is 1.35. The molecule has 0 aliphatic rings. The normalized spacial score (nSPS) is 9.76. The predicted molar refractivity (Wildman–Crippen MR) is 62.1 cm³/mol. The van der Waals surface area contributed by atoms with Crippen LogP contribution in [0.5, 0.6) is 0 Å². The highest BCUT2D eigenvalue weighted by Crippen LogP contribution is 2.17. The number of hydrogen-bond acceptors (Lipinski definition) is 4. The highest BCUT2D eigenvalue weighted by molar-refractivity contribution is 6.35. The summed E-state index contributed by atoms with van der Waals surface area (Å²) in [6.07, 6.45) is 0.378. The minimum Gasteiger partial charge on any atom is -0.448 e. The predicted octanol–water partition coefficient (Wildman–Crippen LogP) is 1.21. The van der Waals surface area contributed by atoms with Crippen molar-refractivity contribution in [2.24, 2.45) is 5.73 Å². The van der Waals surface area contributed by atoms with Gasteiger partial charge in [-0.2, -0.15) is 0 Å². The molecule has 8 heteroatoms. The lowest BCUT2D eigenvalue weighted by atomic mass is 10.2. The van der Waals surface area contributed by atoms with E-state index in [1.165, 1.54) is 12.3 Å². The van der Waals surface area contributed by atoms with E-state index >= 15 is 0 Å². The molecule has 0 unspecified atom stereocenters. The smallest absolute Gasteiger partial charge is 0.404 e. The molecule has 0 fully saturated rings. The van der Waals surface area contributed by atoms with Crippen molar-refractivity contribution in [3.05, 3.63) is 28.0 Å². The zero-order valence-electron chi connectivity index (χ0n) is 8.57. The van der Waals surface area contributed by atoms with E-state index < -0.39 is 12.0 Å². The van der Waals surface area contributed by atoms with Crippen LogP contribution in [0.3, 0.4) is 0 Å². The molecule has 6 nitrogen and oxygen atoms in total. The lowest BCUT2D eigenvalue weighted by Gasteiger charge is -2.06. The van der Waals surface area contributed by atoms with Gasteiger partial charge in [0.2, 0.25) is 0 Å². The standard InChI is InChI=1S/C9H9Cl2N3O3/c10-6-4-14-7(11)3-5(6)8(15)13-1-2-17-9(12)16/h3-4H,1-2H2,(H2,12,16)(H,13,15). The van der Waals surface area contributed by atoms with Crippen LogP contribution in [0.2, 0.25) is 10.2 Å². The first-order valence-corrected chi connectivity index (χ1v) is 5.28. The zero-order chi connectivity index (χ0) is 12.8. The van der Waals surface area contributed by atoms with E-state index in [4.69, 9.17) is 28.9 Å². The Labute approximate surface area is 107 Å². The van der Waals surface area contributed by atoms with E-state index in [2.05, 4.69) is 15.0 Å². The van der Waals surface area contributed by atoms with Crippen LogP contribution in [-0.4, -0.2) is 30.1 Å². The molecule has 92 valence electrons. The number of nitrogens with zero attached hydrogens (tertiary/aromatic N) is 1. The molecule has 0 saturated carbocycles. The summed E-state index contributed by atoms with van der Waals surface area (Å²) in [4.78, 5) is 25.6. The van der Waals surface area contributed by atoms with Gasteiger partial charge < -0.3 is 15.8 Å². The molecule has 0 saturated heterocycles. The summed E-state index contributed by atoms with van der Waals surface area (Å²) in [5.41, 5.74) is 4.94. The Morgan fingerprint density at radius 3 is 2.82 bits per heavy atom. The maximum atomic E-state index is 11.6. The molecule has 0 aliphatic carbocycles. The minimum absolute atomic E-state index is 0.0164. The molecule has 1 rings (SSSR count). The van der Waals surface area contributed by atoms with Gasteiger partial charge in [0.1, 0.15) is 11.8 Å². The third kappa shape index (κ3) is 4.46. The van der Waals surface area contributed by atoms with E-state index in [0.717, 1.165) is 0 Å². The quantitative estimate of drug-likeness (QED) is 0.639. The van der Waals surface area contributed by atoms with Crippen LogP contribution in [0.4, 0.5) is 4.79 Å². The number of aromatic nitrogens is 1. The molecule has 3 N–H and O–H groups in total. The van der Waals surface area contributed by atoms with E-state index in [1.807, 2.05) is 0 Å². The van der Waals surface area contributed by atoms with Gasteiger partial charge in [-0.3, -0.25) is 4.79 Å². The second-order valence-corrected chi connectivity index (χ2v) is 3.70. The maximum Gasteiger partial charge on any atom is 0.404 e. The molecule has 0 aromatic carbocycles. The van der Waals surface area contributed by atoms with E-state index in [1.54, 1.807) is 0 Å². The molecule has 0 atom stereocenters. The van der Waals surface area contributed by atoms with Crippen molar-refractivity contribution in [2.45, 2.75) is 0 Å². The Kier molecular flexibility index (Phi) is 4.99. The summed E-state index contributed by atoms with van der Waals surface area (Å²) < 4.78 is 4.43. The Morgan fingerprint density at radius 2 is 2.18 bits per heavy atom. The molecule has 17 heavy (non-hydrogen) atoms. The maximum absolute atomic E-state index is 11.6. The SMILES string of the molecule is NC(=O)OCCNC(=O)c1cc(Cl)ncc1Cl. The van der Waals surface area contributed by atoms with E-state index in [-0.39, 0.29) is 28.9 Å². The summed E-state index contributed by atoms with van der Waals surface area (Å²) in [6, 6.07) is 1.34. The van der Waals surface area contributed by atoms with Gasteiger partial charge in [-0.1, -0.05) is 23.2 Å². The summed E-state index contributed by atoms with van der Waals surface area (Å²) in [5.74, 6) is -0.438. The van der Waals surface area contributed by atoms with Crippen LogP contribution >= 0.6 is 23.2 Å².